The van der Waals surface area contributed by atoms with Crippen LogP contribution in [-0.4, -0.2) is 43.0 Å². The molecule has 0 unspecified atom stereocenters. The van der Waals surface area contributed by atoms with Gasteiger partial charge in [0.1, 0.15) is 17.2 Å². The molecule has 7 nitrogen and oxygen atoms in total. The van der Waals surface area contributed by atoms with Crippen molar-refractivity contribution in [1.82, 2.24) is 0 Å². The zero-order valence-corrected chi connectivity index (χ0v) is 22.5. The predicted octanol–water partition coefficient (Wildman–Crippen LogP) is 6.63. The van der Waals surface area contributed by atoms with Gasteiger partial charge in [-0.3, -0.25) is 9.59 Å². The van der Waals surface area contributed by atoms with Crippen LogP contribution in [0.5, 0.6) is 11.5 Å². The SMILES string of the molecule is COc1cc(N=C(C(=O)N2CCc3c(C)cc(C(F)(F)F)cc32)c2ccc(Cl)cc2)cc(OCCCC(=O)O)c1. The summed E-state index contributed by atoms with van der Waals surface area (Å²) in [6.07, 6.45) is -3.93. The first-order valence-electron chi connectivity index (χ1n) is 12.4. The number of aryl methyl sites for hydroxylation is 1. The maximum absolute atomic E-state index is 13.9. The predicted molar refractivity (Wildman–Crippen MR) is 145 cm³/mol. The first kappa shape index (κ1) is 28.9. The van der Waals surface area contributed by atoms with Gasteiger partial charge in [-0.15, -0.1) is 0 Å². The molecule has 210 valence electrons. The Hall–Kier alpha value is -4.05. The number of fused-ring (bicyclic) bond motifs is 1. The van der Waals surface area contributed by atoms with Crippen molar-refractivity contribution in [2.24, 2.45) is 4.99 Å². The Morgan fingerprint density at radius 3 is 2.42 bits per heavy atom. The molecule has 1 N–H and O–H groups in total. The molecule has 0 spiro atoms. The molecule has 0 fully saturated rings. The van der Waals surface area contributed by atoms with E-state index >= 15 is 0 Å². The Labute approximate surface area is 233 Å². The highest BCUT2D eigenvalue weighted by Crippen LogP contribution is 2.39. The van der Waals surface area contributed by atoms with Gasteiger partial charge in [0.2, 0.25) is 0 Å². The van der Waals surface area contributed by atoms with Gasteiger partial charge in [-0.2, -0.15) is 13.2 Å². The van der Waals surface area contributed by atoms with Crippen LogP contribution in [0, 0.1) is 6.92 Å². The Balaban J connectivity index is 1.75. The van der Waals surface area contributed by atoms with Crippen molar-refractivity contribution >= 4 is 40.6 Å². The van der Waals surface area contributed by atoms with Gasteiger partial charge in [-0.05, 0) is 55.2 Å². The lowest BCUT2D eigenvalue weighted by Gasteiger charge is -2.21. The summed E-state index contributed by atoms with van der Waals surface area (Å²) in [5, 5.41) is 9.28. The minimum atomic E-state index is -4.56. The highest BCUT2D eigenvalue weighted by atomic mass is 35.5. The zero-order valence-electron chi connectivity index (χ0n) is 21.7. The fraction of sp³-hybridized carbons (Fsp3) is 0.276. The third-order valence-corrected chi connectivity index (χ3v) is 6.62. The van der Waals surface area contributed by atoms with Gasteiger partial charge in [0, 0.05) is 47.4 Å². The number of aliphatic imine (C=N–C) groups is 1. The second kappa shape index (κ2) is 12.0. The molecule has 1 aliphatic rings. The molecule has 1 amide bonds. The van der Waals surface area contributed by atoms with E-state index in [-0.39, 0.29) is 37.4 Å². The van der Waals surface area contributed by atoms with E-state index in [1.54, 1.807) is 49.4 Å². The van der Waals surface area contributed by atoms with Crippen LogP contribution in [-0.2, 0) is 22.2 Å². The quantitative estimate of drug-likeness (QED) is 0.229. The highest BCUT2D eigenvalue weighted by Gasteiger charge is 2.36. The zero-order chi connectivity index (χ0) is 29.0. The van der Waals surface area contributed by atoms with Crippen molar-refractivity contribution in [3.05, 3.63) is 81.9 Å². The largest absolute Gasteiger partial charge is 0.497 e. The fourth-order valence-electron chi connectivity index (χ4n) is 4.42. The number of aliphatic carboxylic acids is 1. The molecule has 0 bridgehead atoms. The van der Waals surface area contributed by atoms with Gasteiger partial charge in [0.15, 0.2) is 0 Å². The first-order valence-corrected chi connectivity index (χ1v) is 12.7. The number of ether oxygens (including phenoxy) is 2. The van der Waals surface area contributed by atoms with E-state index in [0.717, 1.165) is 12.1 Å². The normalized spacial score (nSPS) is 13.2. The number of hydrogen-bond donors (Lipinski definition) is 1. The Bertz CT molecular complexity index is 1460. The van der Waals surface area contributed by atoms with Crippen molar-refractivity contribution in [3.8, 4) is 11.5 Å². The van der Waals surface area contributed by atoms with Crippen molar-refractivity contribution in [2.75, 3.05) is 25.2 Å². The molecule has 3 aromatic rings. The second-order valence-corrected chi connectivity index (χ2v) is 9.61. The van der Waals surface area contributed by atoms with E-state index in [4.69, 9.17) is 26.2 Å². The topological polar surface area (TPSA) is 88.4 Å². The van der Waals surface area contributed by atoms with Gasteiger partial charge >= 0.3 is 12.1 Å². The molecule has 0 aromatic heterocycles. The number of carboxylic acids is 1. The Morgan fingerprint density at radius 1 is 1.07 bits per heavy atom. The number of hydrogen-bond acceptors (Lipinski definition) is 5. The standard InChI is InChI=1S/C29H26ClF3N2O5/c1-17-12-19(29(31,32)33)13-25-24(17)9-10-35(25)28(38)27(18-5-7-20(30)8-6-18)34-21-14-22(39-2)16-23(15-21)40-11-3-4-26(36)37/h5-8,12-16H,3-4,9-11H2,1-2H3,(H,36,37). The molecule has 1 heterocycles. The van der Waals surface area contributed by atoms with Crippen molar-refractivity contribution in [1.29, 1.82) is 0 Å². The molecule has 1 aliphatic heterocycles. The van der Waals surface area contributed by atoms with Crippen LogP contribution in [0.1, 0.15) is 35.1 Å². The van der Waals surface area contributed by atoms with Gasteiger partial charge in [-0.25, -0.2) is 4.99 Å². The molecular weight excluding hydrogens is 549 g/mol. The molecule has 0 radical (unpaired) electrons. The molecule has 0 saturated carbocycles. The molecule has 0 atom stereocenters. The van der Waals surface area contributed by atoms with E-state index in [0.29, 0.717) is 45.3 Å². The number of amides is 1. The van der Waals surface area contributed by atoms with Crippen LogP contribution in [0.15, 0.2) is 59.6 Å². The van der Waals surface area contributed by atoms with Gasteiger partial charge in [0.25, 0.3) is 5.91 Å². The van der Waals surface area contributed by atoms with E-state index in [1.807, 2.05) is 0 Å². The summed E-state index contributed by atoms with van der Waals surface area (Å²) < 4.78 is 51.8. The molecule has 40 heavy (non-hydrogen) atoms. The minimum Gasteiger partial charge on any atom is -0.497 e. The smallest absolute Gasteiger partial charge is 0.416 e. The number of alkyl halides is 3. The fourth-order valence-corrected chi connectivity index (χ4v) is 4.55. The van der Waals surface area contributed by atoms with Gasteiger partial charge < -0.3 is 19.5 Å². The van der Waals surface area contributed by atoms with Crippen LogP contribution in [0.25, 0.3) is 0 Å². The van der Waals surface area contributed by atoms with Crippen LogP contribution in [0.3, 0.4) is 0 Å². The maximum atomic E-state index is 13.9. The first-order chi connectivity index (χ1) is 19.0. The van der Waals surface area contributed by atoms with Crippen molar-refractivity contribution in [3.63, 3.8) is 0 Å². The number of carbonyl (C=O) groups excluding carboxylic acids is 1. The van der Waals surface area contributed by atoms with Gasteiger partial charge in [0.05, 0.1) is 25.0 Å². The van der Waals surface area contributed by atoms with Crippen molar-refractivity contribution < 1.29 is 37.3 Å². The number of halogens is 4. The lowest BCUT2D eigenvalue weighted by Crippen LogP contribution is -2.36. The molecule has 4 rings (SSSR count). The number of carboxylic acid groups (broad SMARTS) is 1. The summed E-state index contributed by atoms with van der Waals surface area (Å²) in [6.45, 7) is 1.93. The summed E-state index contributed by atoms with van der Waals surface area (Å²) in [5.41, 5.74) is 1.21. The second-order valence-electron chi connectivity index (χ2n) is 9.18. The lowest BCUT2D eigenvalue weighted by molar-refractivity contribution is -0.138. The monoisotopic (exact) mass is 574 g/mol. The average Bonchev–Trinajstić information content (AvgIpc) is 3.34. The number of carbonyl (C=O) groups is 2. The van der Waals surface area contributed by atoms with E-state index in [1.165, 1.54) is 12.0 Å². The number of nitrogens with zero attached hydrogens (tertiary/aromatic N) is 2. The third kappa shape index (κ3) is 6.74. The molecule has 3 aromatic carbocycles. The van der Waals surface area contributed by atoms with Gasteiger partial charge in [-0.1, -0.05) is 23.7 Å². The number of methoxy groups -OCH3 is 1. The lowest BCUT2D eigenvalue weighted by atomic mass is 10.0. The average molecular weight is 575 g/mol. The molecule has 11 heteroatoms. The van der Waals surface area contributed by atoms with Crippen LogP contribution >= 0.6 is 11.6 Å². The minimum absolute atomic E-state index is 0.00957. The number of anilines is 1. The van der Waals surface area contributed by atoms with Crippen molar-refractivity contribution in [2.45, 2.75) is 32.4 Å². The summed E-state index contributed by atoms with van der Waals surface area (Å²) in [6, 6.07) is 13.2. The summed E-state index contributed by atoms with van der Waals surface area (Å²) in [5.74, 6) is -0.782. The van der Waals surface area contributed by atoms with Crippen LogP contribution < -0.4 is 14.4 Å². The summed E-state index contributed by atoms with van der Waals surface area (Å²) >= 11 is 6.06. The highest BCUT2D eigenvalue weighted by molar-refractivity contribution is 6.50. The van der Waals surface area contributed by atoms with Crippen LogP contribution in [0.4, 0.5) is 24.5 Å². The summed E-state index contributed by atoms with van der Waals surface area (Å²) in [7, 11) is 1.45. The Kier molecular flexibility index (Phi) is 8.68. The van der Waals surface area contributed by atoms with E-state index < -0.39 is 23.6 Å². The Morgan fingerprint density at radius 2 is 1.77 bits per heavy atom. The molecule has 0 aliphatic carbocycles. The maximum Gasteiger partial charge on any atom is 0.416 e. The van der Waals surface area contributed by atoms with Crippen LogP contribution in [0.2, 0.25) is 5.02 Å². The summed E-state index contributed by atoms with van der Waals surface area (Å²) in [4.78, 5) is 30.6. The third-order valence-electron chi connectivity index (χ3n) is 6.36. The molecular formula is C29H26ClF3N2O5. The van der Waals surface area contributed by atoms with E-state index in [2.05, 4.69) is 4.99 Å². The number of benzene rings is 3. The molecule has 0 saturated heterocycles. The van der Waals surface area contributed by atoms with E-state index in [9.17, 15) is 22.8 Å². The number of rotatable bonds is 9.